The number of fused-ring (bicyclic) bond motifs is 1. The van der Waals surface area contributed by atoms with Gasteiger partial charge in [0.2, 0.25) is 0 Å². The van der Waals surface area contributed by atoms with Gasteiger partial charge in [-0.2, -0.15) is 5.10 Å². The lowest BCUT2D eigenvalue weighted by atomic mass is 10.1. The van der Waals surface area contributed by atoms with Crippen molar-refractivity contribution in [1.82, 2.24) is 25.5 Å². The third-order valence-electron chi connectivity index (χ3n) is 4.11. The van der Waals surface area contributed by atoms with Gasteiger partial charge in [0.25, 0.3) is 0 Å². The van der Waals surface area contributed by atoms with Gasteiger partial charge in [0, 0.05) is 23.8 Å². The average Bonchev–Trinajstić information content (AvgIpc) is 3.23. The highest BCUT2D eigenvalue weighted by Gasteiger charge is 2.18. The molecule has 4 aromatic rings. The number of imidazole rings is 1. The molecule has 2 aromatic heterocycles. The first-order valence-electron chi connectivity index (χ1n) is 8.09. The summed E-state index contributed by atoms with van der Waals surface area (Å²) in [5.41, 5.74) is 9.89. The highest BCUT2D eigenvalue weighted by Crippen LogP contribution is 2.35. The van der Waals surface area contributed by atoms with Crippen molar-refractivity contribution in [2.75, 3.05) is 6.67 Å². The molecule has 7 nitrogen and oxygen atoms in total. The van der Waals surface area contributed by atoms with E-state index in [0.717, 1.165) is 22.2 Å². The summed E-state index contributed by atoms with van der Waals surface area (Å²) >= 11 is 5.91. The number of aromatic amines is 2. The van der Waals surface area contributed by atoms with Crippen molar-refractivity contribution < 1.29 is 5.11 Å². The Bertz CT molecular complexity index is 1050. The first-order chi connectivity index (χ1) is 12.7. The fourth-order valence-electron chi connectivity index (χ4n) is 2.81. The third kappa shape index (κ3) is 3.03. The molecular formula is C18H17ClN6O. The molecule has 0 amide bonds. The van der Waals surface area contributed by atoms with E-state index >= 15 is 0 Å². The Balaban J connectivity index is 1.70. The van der Waals surface area contributed by atoms with Gasteiger partial charge in [-0.25, -0.2) is 4.98 Å². The number of hydrogen-bond donors (Lipinski definition) is 5. The van der Waals surface area contributed by atoms with Crippen LogP contribution in [0.1, 0.15) is 5.56 Å². The van der Waals surface area contributed by atoms with Crippen molar-refractivity contribution in [2.24, 2.45) is 5.73 Å². The van der Waals surface area contributed by atoms with Crippen LogP contribution >= 0.6 is 11.6 Å². The number of aromatic hydroxyl groups is 1. The van der Waals surface area contributed by atoms with E-state index in [-0.39, 0.29) is 5.75 Å². The van der Waals surface area contributed by atoms with Crippen molar-refractivity contribution >= 4 is 22.6 Å². The van der Waals surface area contributed by atoms with Gasteiger partial charge in [-0.1, -0.05) is 29.8 Å². The quantitative estimate of drug-likeness (QED) is 0.347. The Kier molecular flexibility index (Phi) is 4.34. The van der Waals surface area contributed by atoms with E-state index in [9.17, 15) is 5.11 Å². The van der Waals surface area contributed by atoms with Crippen LogP contribution in [0.5, 0.6) is 5.75 Å². The molecule has 0 aliphatic rings. The van der Waals surface area contributed by atoms with Crippen molar-refractivity contribution in [2.45, 2.75) is 6.54 Å². The topological polar surface area (TPSA) is 116 Å². The molecule has 0 aliphatic carbocycles. The lowest BCUT2D eigenvalue weighted by Crippen LogP contribution is -2.21. The molecule has 132 valence electrons. The Morgan fingerprint density at radius 3 is 2.73 bits per heavy atom. The summed E-state index contributed by atoms with van der Waals surface area (Å²) in [5.74, 6) is 0.561. The molecule has 0 fully saturated rings. The highest BCUT2D eigenvalue weighted by molar-refractivity contribution is 6.30. The van der Waals surface area contributed by atoms with Crippen LogP contribution in [0.3, 0.4) is 0 Å². The minimum absolute atomic E-state index is 0.0383. The van der Waals surface area contributed by atoms with Crippen molar-refractivity contribution in [1.29, 1.82) is 0 Å². The van der Waals surface area contributed by atoms with Crippen LogP contribution in [0.15, 0.2) is 42.5 Å². The summed E-state index contributed by atoms with van der Waals surface area (Å²) in [7, 11) is 0. The standard InChI is InChI=1S/C18H17ClN6O/c19-12-4-2-11(3-5-12)15-17(26)16(25-24-15)18-22-13-6-1-10(8-21-9-20)7-14(13)23-18/h1-7,21,26H,8-9,20H2,(H,22,23)(H,24,25). The zero-order chi connectivity index (χ0) is 18.1. The molecule has 0 bridgehead atoms. The molecule has 0 saturated heterocycles. The van der Waals surface area contributed by atoms with Crippen molar-refractivity contribution in [3.05, 3.63) is 53.1 Å². The van der Waals surface area contributed by atoms with Crippen LogP contribution in [0, 0.1) is 0 Å². The molecule has 2 heterocycles. The molecule has 0 unspecified atom stereocenters. The first kappa shape index (κ1) is 16.6. The number of hydrogen-bond acceptors (Lipinski definition) is 5. The van der Waals surface area contributed by atoms with Crippen LogP contribution in [-0.4, -0.2) is 31.9 Å². The van der Waals surface area contributed by atoms with Crippen LogP contribution in [-0.2, 0) is 6.54 Å². The fraction of sp³-hybridized carbons (Fsp3) is 0.111. The molecule has 26 heavy (non-hydrogen) atoms. The second-order valence-electron chi connectivity index (χ2n) is 5.87. The summed E-state index contributed by atoms with van der Waals surface area (Å²) in [6, 6.07) is 13.0. The number of H-pyrrole nitrogens is 2. The lowest BCUT2D eigenvalue weighted by Gasteiger charge is -2.00. The minimum Gasteiger partial charge on any atom is -0.504 e. The second-order valence-corrected chi connectivity index (χ2v) is 6.31. The largest absolute Gasteiger partial charge is 0.504 e. The number of nitrogens with zero attached hydrogens (tertiary/aromatic N) is 2. The number of rotatable bonds is 5. The number of benzene rings is 2. The summed E-state index contributed by atoms with van der Waals surface area (Å²) in [6.45, 7) is 1.10. The van der Waals surface area contributed by atoms with E-state index in [1.807, 2.05) is 18.2 Å². The maximum absolute atomic E-state index is 10.6. The maximum atomic E-state index is 10.6. The molecule has 0 saturated carbocycles. The third-order valence-corrected chi connectivity index (χ3v) is 4.37. The minimum atomic E-state index is 0.0383. The van der Waals surface area contributed by atoms with Gasteiger partial charge in [-0.3, -0.25) is 5.10 Å². The van der Waals surface area contributed by atoms with Gasteiger partial charge in [-0.05, 0) is 29.8 Å². The Labute approximate surface area is 154 Å². The fourth-order valence-corrected chi connectivity index (χ4v) is 2.94. The summed E-state index contributed by atoms with van der Waals surface area (Å²) in [4.78, 5) is 7.75. The molecule has 0 atom stereocenters. The van der Waals surface area contributed by atoms with Gasteiger partial charge >= 0.3 is 0 Å². The van der Waals surface area contributed by atoms with E-state index in [1.165, 1.54) is 0 Å². The zero-order valence-electron chi connectivity index (χ0n) is 13.8. The number of aromatic nitrogens is 4. The SMILES string of the molecule is NCNCc1ccc2nc(-c3[nH]nc(-c4ccc(Cl)cc4)c3O)[nH]c2c1. The van der Waals surface area contributed by atoms with Gasteiger partial charge in [0.05, 0.1) is 11.0 Å². The van der Waals surface area contributed by atoms with Gasteiger partial charge in [0.1, 0.15) is 11.4 Å². The maximum Gasteiger partial charge on any atom is 0.172 e. The molecule has 8 heteroatoms. The van der Waals surface area contributed by atoms with Crippen LogP contribution < -0.4 is 11.1 Å². The summed E-state index contributed by atoms with van der Waals surface area (Å²) < 4.78 is 0. The monoisotopic (exact) mass is 368 g/mol. The average molecular weight is 369 g/mol. The highest BCUT2D eigenvalue weighted by atomic mass is 35.5. The molecule has 0 radical (unpaired) electrons. The Hall–Kier alpha value is -2.87. The Morgan fingerprint density at radius 1 is 1.15 bits per heavy atom. The summed E-state index contributed by atoms with van der Waals surface area (Å²) in [5, 5.41) is 21.4. The second kappa shape index (κ2) is 6.80. The van der Waals surface area contributed by atoms with Gasteiger partial charge in [-0.15, -0.1) is 0 Å². The molecule has 0 spiro atoms. The lowest BCUT2D eigenvalue weighted by molar-refractivity contribution is 0.479. The molecule has 0 aliphatic heterocycles. The number of halogens is 1. The normalized spacial score (nSPS) is 11.3. The van der Waals surface area contributed by atoms with E-state index in [2.05, 4.69) is 25.5 Å². The molecule has 6 N–H and O–H groups in total. The van der Waals surface area contributed by atoms with E-state index < -0.39 is 0 Å². The van der Waals surface area contributed by atoms with Gasteiger partial charge < -0.3 is 21.1 Å². The van der Waals surface area contributed by atoms with E-state index in [0.29, 0.717) is 35.4 Å². The Morgan fingerprint density at radius 2 is 1.96 bits per heavy atom. The van der Waals surface area contributed by atoms with Crippen molar-refractivity contribution in [3.63, 3.8) is 0 Å². The molecule has 4 rings (SSSR count). The predicted octanol–water partition coefficient (Wildman–Crippen LogP) is 2.98. The van der Waals surface area contributed by atoms with Gasteiger partial charge in [0.15, 0.2) is 11.6 Å². The molecular weight excluding hydrogens is 352 g/mol. The number of nitrogens with two attached hydrogens (primary N) is 1. The predicted molar refractivity (Wildman–Crippen MR) is 102 cm³/mol. The summed E-state index contributed by atoms with van der Waals surface area (Å²) in [6.07, 6.45) is 0. The zero-order valence-corrected chi connectivity index (χ0v) is 14.5. The molecule has 2 aromatic carbocycles. The van der Waals surface area contributed by atoms with Crippen LogP contribution in [0.2, 0.25) is 5.02 Å². The number of nitrogens with one attached hydrogen (secondary N) is 3. The van der Waals surface area contributed by atoms with E-state index in [4.69, 9.17) is 17.3 Å². The smallest absolute Gasteiger partial charge is 0.172 e. The van der Waals surface area contributed by atoms with E-state index in [1.54, 1.807) is 24.3 Å². The van der Waals surface area contributed by atoms with Crippen LogP contribution in [0.4, 0.5) is 0 Å². The first-order valence-corrected chi connectivity index (χ1v) is 8.46. The van der Waals surface area contributed by atoms with Crippen molar-refractivity contribution in [3.8, 4) is 28.5 Å². The van der Waals surface area contributed by atoms with Crippen LogP contribution in [0.25, 0.3) is 33.8 Å².